The van der Waals surface area contributed by atoms with Crippen LogP contribution in [0.5, 0.6) is 0 Å². The fourth-order valence-corrected chi connectivity index (χ4v) is 4.17. The van der Waals surface area contributed by atoms with Gasteiger partial charge in [-0.2, -0.15) is 0 Å². The summed E-state index contributed by atoms with van der Waals surface area (Å²) in [6.07, 6.45) is 0. The quantitative estimate of drug-likeness (QED) is 0.422. The molecular weight excluding hydrogens is 409 g/mol. The van der Waals surface area contributed by atoms with Crippen LogP contribution in [0.1, 0.15) is 20.7 Å². The summed E-state index contributed by atoms with van der Waals surface area (Å²) in [5.41, 5.74) is 0.130. The molecule has 0 aliphatic heterocycles. The summed E-state index contributed by atoms with van der Waals surface area (Å²) in [6, 6.07) is 12.4. The predicted molar refractivity (Wildman–Crippen MR) is 105 cm³/mol. The lowest BCUT2D eigenvalue weighted by Crippen LogP contribution is -2.14. The second kappa shape index (κ2) is 8.17. The Morgan fingerprint density at radius 1 is 0.963 bits per heavy atom. The Morgan fingerprint density at radius 2 is 1.63 bits per heavy atom. The molecule has 0 spiro atoms. The summed E-state index contributed by atoms with van der Waals surface area (Å²) in [7, 11) is 2.48. The van der Waals surface area contributed by atoms with Crippen molar-refractivity contribution >= 4 is 57.7 Å². The van der Waals surface area contributed by atoms with Crippen LogP contribution in [0, 0.1) is 0 Å². The lowest BCUT2D eigenvalue weighted by Gasteiger charge is -2.16. The van der Waals surface area contributed by atoms with Crippen LogP contribution >= 0.6 is 35.0 Å². The maximum Gasteiger partial charge on any atom is 0.339 e. The molecule has 0 saturated heterocycles. The summed E-state index contributed by atoms with van der Waals surface area (Å²) in [5.74, 6) is -1.35. The molecule has 0 amide bonds. The van der Waals surface area contributed by atoms with Crippen LogP contribution in [0.2, 0.25) is 10.3 Å². The van der Waals surface area contributed by atoms with Gasteiger partial charge in [0.05, 0.1) is 25.3 Å². The Kier molecular flexibility index (Phi) is 5.89. The van der Waals surface area contributed by atoms with Crippen LogP contribution in [-0.2, 0) is 9.47 Å². The van der Waals surface area contributed by atoms with Crippen LogP contribution in [0.3, 0.4) is 0 Å². The van der Waals surface area contributed by atoms with E-state index in [0.717, 1.165) is 4.90 Å². The number of hydrogen-bond donors (Lipinski definition) is 0. The van der Waals surface area contributed by atoms with E-state index in [1.807, 2.05) is 30.3 Å². The van der Waals surface area contributed by atoms with Crippen molar-refractivity contribution in [3.05, 3.63) is 63.9 Å². The zero-order valence-corrected chi connectivity index (χ0v) is 16.6. The third-order valence-electron chi connectivity index (χ3n) is 3.77. The van der Waals surface area contributed by atoms with E-state index < -0.39 is 11.9 Å². The van der Waals surface area contributed by atoms with Gasteiger partial charge in [-0.25, -0.2) is 14.6 Å². The van der Waals surface area contributed by atoms with Gasteiger partial charge in [0, 0.05) is 20.6 Å². The average Bonchev–Trinajstić information content (AvgIpc) is 2.67. The molecule has 8 heteroatoms. The fraction of sp³-hybridized carbons (Fsp3) is 0.105. The molecule has 3 rings (SSSR count). The summed E-state index contributed by atoms with van der Waals surface area (Å²) in [5, 5.41) is 1.35. The number of ether oxygens (including phenoxy) is 2. The van der Waals surface area contributed by atoms with Crippen molar-refractivity contribution in [3.8, 4) is 0 Å². The zero-order valence-electron chi connectivity index (χ0n) is 14.3. The highest BCUT2D eigenvalue weighted by Crippen LogP contribution is 2.41. The summed E-state index contributed by atoms with van der Waals surface area (Å²) in [6.45, 7) is 0. The highest BCUT2D eigenvalue weighted by molar-refractivity contribution is 7.99. The number of rotatable bonds is 4. The monoisotopic (exact) mass is 421 g/mol. The molecule has 0 bridgehead atoms. The molecule has 0 aliphatic rings. The van der Waals surface area contributed by atoms with E-state index in [2.05, 4.69) is 4.98 Å². The highest BCUT2D eigenvalue weighted by atomic mass is 35.5. The summed E-state index contributed by atoms with van der Waals surface area (Å²) < 4.78 is 9.76. The van der Waals surface area contributed by atoms with Gasteiger partial charge in [-0.05, 0) is 24.3 Å². The van der Waals surface area contributed by atoms with Gasteiger partial charge in [-0.1, -0.05) is 53.2 Å². The van der Waals surface area contributed by atoms with Gasteiger partial charge in [-0.15, -0.1) is 0 Å². The maximum absolute atomic E-state index is 12.6. The first-order chi connectivity index (χ1) is 13.0. The van der Waals surface area contributed by atoms with Crippen LogP contribution in [0.15, 0.2) is 52.3 Å². The average molecular weight is 422 g/mol. The number of halogens is 2. The number of methoxy groups -OCH3 is 2. The Labute approximate surface area is 169 Å². The minimum Gasteiger partial charge on any atom is -0.465 e. The van der Waals surface area contributed by atoms with Gasteiger partial charge < -0.3 is 9.47 Å². The summed E-state index contributed by atoms with van der Waals surface area (Å²) in [4.78, 5) is 30.3. The van der Waals surface area contributed by atoms with E-state index in [1.54, 1.807) is 6.07 Å². The molecule has 5 nitrogen and oxygen atoms in total. The molecule has 27 heavy (non-hydrogen) atoms. The van der Waals surface area contributed by atoms with Crippen molar-refractivity contribution < 1.29 is 19.1 Å². The molecule has 0 aliphatic carbocycles. The normalized spacial score (nSPS) is 10.7. The predicted octanol–water partition coefficient (Wildman–Crippen LogP) is 5.27. The number of esters is 2. The van der Waals surface area contributed by atoms with E-state index in [9.17, 15) is 9.59 Å². The van der Waals surface area contributed by atoms with Crippen molar-refractivity contribution in [2.75, 3.05) is 14.2 Å². The van der Waals surface area contributed by atoms with Gasteiger partial charge in [0.25, 0.3) is 0 Å². The van der Waals surface area contributed by atoms with Gasteiger partial charge in [-0.3, -0.25) is 0 Å². The van der Waals surface area contributed by atoms with Gasteiger partial charge >= 0.3 is 11.9 Å². The maximum atomic E-state index is 12.6. The topological polar surface area (TPSA) is 65.5 Å². The number of carbonyl (C=O) groups is 2. The molecule has 1 heterocycles. The van der Waals surface area contributed by atoms with Crippen molar-refractivity contribution in [2.24, 2.45) is 0 Å². The Balaban J connectivity index is 2.42. The second-order valence-corrected chi connectivity index (χ2v) is 7.19. The first-order valence-corrected chi connectivity index (χ1v) is 9.25. The van der Waals surface area contributed by atoms with Crippen molar-refractivity contribution in [3.63, 3.8) is 0 Å². The molecule has 2 aromatic carbocycles. The number of carbonyl (C=O) groups excluding carboxylic acids is 2. The smallest absolute Gasteiger partial charge is 0.339 e. The largest absolute Gasteiger partial charge is 0.465 e. The van der Waals surface area contributed by atoms with E-state index >= 15 is 0 Å². The van der Waals surface area contributed by atoms with Crippen molar-refractivity contribution in [1.29, 1.82) is 0 Å². The van der Waals surface area contributed by atoms with Crippen molar-refractivity contribution in [1.82, 2.24) is 4.98 Å². The zero-order chi connectivity index (χ0) is 19.6. The molecule has 1 aromatic heterocycles. The minimum atomic E-state index is -0.682. The number of benzene rings is 2. The molecule has 0 atom stereocenters. The Bertz CT molecular complexity index is 1040. The SMILES string of the molecule is COC(=O)c1cc2c(Cl)nc(Cl)cc2c(Sc2ccccc2)c1C(=O)OC. The number of aromatic nitrogens is 1. The first-order valence-electron chi connectivity index (χ1n) is 7.68. The number of hydrogen-bond acceptors (Lipinski definition) is 6. The minimum absolute atomic E-state index is 0.0429. The van der Waals surface area contributed by atoms with Crippen molar-refractivity contribution in [2.45, 2.75) is 9.79 Å². The lowest BCUT2D eigenvalue weighted by molar-refractivity contribution is 0.0552. The molecule has 0 unspecified atom stereocenters. The molecule has 0 fully saturated rings. The van der Waals surface area contributed by atoms with E-state index in [1.165, 1.54) is 32.0 Å². The van der Waals surface area contributed by atoms with Crippen LogP contribution in [0.25, 0.3) is 10.8 Å². The number of pyridine rings is 1. The summed E-state index contributed by atoms with van der Waals surface area (Å²) >= 11 is 13.6. The number of fused-ring (bicyclic) bond motifs is 1. The first kappa shape index (κ1) is 19.5. The van der Waals surface area contributed by atoms with Gasteiger partial charge in [0.2, 0.25) is 0 Å². The molecule has 0 radical (unpaired) electrons. The third-order valence-corrected chi connectivity index (χ3v) is 5.39. The Hall–Kier alpha value is -2.28. The Morgan fingerprint density at radius 3 is 2.26 bits per heavy atom. The number of nitrogens with zero attached hydrogens (tertiary/aromatic N) is 1. The lowest BCUT2D eigenvalue weighted by atomic mass is 10.0. The van der Waals surface area contributed by atoms with E-state index in [4.69, 9.17) is 32.7 Å². The van der Waals surface area contributed by atoms with Crippen LogP contribution < -0.4 is 0 Å². The third kappa shape index (κ3) is 3.88. The van der Waals surface area contributed by atoms with Gasteiger partial charge in [0.15, 0.2) is 0 Å². The van der Waals surface area contributed by atoms with E-state index in [-0.39, 0.29) is 21.4 Å². The standard InChI is InChI=1S/C19H13Cl2NO4S/c1-25-18(23)13-8-12-11(9-14(20)22-17(12)21)16(15(13)19(24)26-2)27-10-6-4-3-5-7-10/h3-9H,1-2H3. The molecule has 138 valence electrons. The van der Waals surface area contributed by atoms with Crippen LogP contribution in [-0.4, -0.2) is 31.1 Å². The molecular formula is C19H13Cl2NO4S. The van der Waals surface area contributed by atoms with E-state index in [0.29, 0.717) is 15.7 Å². The highest BCUT2D eigenvalue weighted by Gasteiger charge is 2.27. The molecule has 3 aromatic rings. The van der Waals surface area contributed by atoms with Gasteiger partial charge in [0.1, 0.15) is 10.3 Å². The molecule has 0 N–H and O–H groups in total. The van der Waals surface area contributed by atoms with Crippen LogP contribution in [0.4, 0.5) is 0 Å². The fourth-order valence-electron chi connectivity index (χ4n) is 2.58. The molecule has 0 saturated carbocycles. The second-order valence-electron chi connectivity index (χ2n) is 5.36.